The van der Waals surface area contributed by atoms with Crippen LogP contribution in [0.1, 0.15) is 18.4 Å². The molecular formula is C13H18ClNO. The minimum absolute atomic E-state index is 0. The molecule has 3 heteroatoms. The zero-order valence-corrected chi connectivity index (χ0v) is 10.3. The minimum atomic E-state index is 0. The Balaban J connectivity index is 0.00000225. The van der Waals surface area contributed by atoms with Crippen LogP contribution < -0.4 is 10.5 Å². The molecule has 0 saturated carbocycles. The Morgan fingerprint density at radius 1 is 1.19 bits per heavy atom. The van der Waals surface area contributed by atoms with Crippen LogP contribution in [0.4, 0.5) is 0 Å². The van der Waals surface area contributed by atoms with E-state index >= 15 is 0 Å². The van der Waals surface area contributed by atoms with E-state index < -0.39 is 0 Å². The van der Waals surface area contributed by atoms with Gasteiger partial charge in [-0.05, 0) is 30.5 Å². The molecule has 2 nitrogen and oxygen atoms in total. The monoisotopic (exact) mass is 239 g/mol. The van der Waals surface area contributed by atoms with Crippen molar-refractivity contribution in [2.24, 2.45) is 5.73 Å². The Morgan fingerprint density at radius 2 is 1.88 bits per heavy atom. The van der Waals surface area contributed by atoms with Crippen molar-refractivity contribution in [3.63, 3.8) is 0 Å². The number of hydrogen-bond donors (Lipinski definition) is 1. The van der Waals surface area contributed by atoms with Gasteiger partial charge in [0.15, 0.2) is 0 Å². The van der Waals surface area contributed by atoms with Crippen molar-refractivity contribution in [1.82, 2.24) is 0 Å². The van der Waals surface area contributed by atoms with E-state index in [9.17, 15) is 0 Å². The second-order valence-electron chi connectivity index (χ2n) is 3.26. The van der Waals surface area contributed by atoms with Crippen molar-refractivity contribution in [3.05, 3.63) is 29.8 Å². The van der Waals surface area contributed by atoms with E-state index in [0.717, 1.165) is 25.0 Å². The van der Waals surface area contributed by atoms with Crippen molar-refractivity contribution in [2.45, 2.75) is 19.3 Å². The van der Waals surface area contributed by atoms with E-state index in [0.29, 0.717) is 6.54 Å². The van der Waals surface area contributed by atoms with Crippen molar-refractivity contribution >= 4 is 12.4 Å². The van der Waals surface area contributed by atoms with Gasteiger partial charge < -0.3 is 10.5 Å². The first-order valence-electron chi connectivity index (χ1n) is 5.15. The lowest BCUT2D eigenvalue weighted by atomic mass is 10.1. The summed E-state index contributed by atoms with van der Waals surface area (Å²) in [6.07, 6.45) is 3.06. The maximum atomic E-state index is 5.27. The molecule has 1 rings (SSSR count). The van der Waals surface area contributed by atoms with Crippen molar-refractivity contribution in [2.75, 3.05) is 13.7 Å². The summed E-state index contributed by atoms with van der Waals surface area (Å²) in [4.78, 5) is 0. The number of hydrogen-bond acceptors (Lipinski definition) is 2. The zero-order chi connectivity index (χ0) is 10.9. The number of halogens is 1. The molecule has 0 aromatic heterocycles. The van der Waals surface area contributed by atoms with Gasteiger partial charge in [-0.2, -0.15) is 0 Å². The molecule has 0 aliphatic carbocycles. The van der Waals surface area contributed by atoms with Gasteiger partial charge in [-0.25, -0.2) is 0 Å². The van der Waals surface area contributed by atoms with E-state index in [4.69, 9.17) is 10.5 Å². The summed E-state index contributed by atoms with van der Waals surface area (Å²) in [7, 11) is 1.68. The Labute approximate surface area is 104 Å². The summed E-state index contributed by atoms with van der Waals surface area (Å²) < 4.78 is 5.09. The van der Waals surface area contributed by atoms with Gasteiger partial charge in [0.05, 0.1) is 13.7 Å². The van der Waals surface area contributed by atoms with Crippen LogP contribution in [0.2, 0.25) is 0 Å². The summed E-state index contributed by atoms with van der Waals surface area (Å²) in [6.45, 7) is 0.461. The highest BCUT2D eigenvalue weighted by Crippen LogP contribution is 2.12. The standard InChI is InChI=1S/C13H17NO.ClH/c1-15-13-9-7-12(8-10-13)6-4-2-3-5-11-14;/h7-10H,2,4,6,11,14H2,1H3;1H. The largest absolute Gasteiger partial charge is 0.497 e. The number of benzene rings is 1. The molecule has 1 aromatic rings. The third kappa shape index (κ3) is 5.65. The Hall–Kier alpha value is -1.17. The highest BCUT2D eigenvalue weighted by atomic mass is 35.5. The molecule has 2 N–H and O–H groups in total. The third-order valence-electron chi connectivity index (χ3n) is 2.15. The molecule has 0 unspecified atom stereocenters. The van der Waals surface area contributed by atoms with Gasteiger partial charge in [0, 0.05) is 6.42 Å². The zero-order valence-electron chi connectivity index (χ0n) is 9.53. The number of aryl methyl sites for hydroxylation is 1. The highest BCUT2D eigenvalue weighted by Gasteiger charge is 1.93. The molecule has 0 heterocycles. The smallest absolute Gasteiger partial charge is 0.118 e. The van der Waals surface area contributed by atoms with Crippen LogP contribution in [0, 0.1) is 11.8 Å². The molecule has 1 aromatic carbocycles. The average molecular weight is 240 g/mol. The fraction of sp³-hybridized carbons (Fsp3) is 0.385. The van der Waals surface area contributed by atoms with Crippen molar-refractivity contribution in [1.29, 1.82) is 0 Å². The molecule has 0 aliphatic rings. The molecule has 0 bridgehead atoms. The SMILES string of the molecule is COc1ccc(CCCC#CCN)cc1.Cl. The first-order chi connectivity index (χ1) is 7.36. The summed E-state index contributed by atoms with van der Waals surface area (Å²) in [5.41, 5.74) is 6.59. The second kappa shape index (κ2) is 9.08. The fourth-order valence-corrected chi connectivity index (χ4v) is 1.33. The first-order valence-corrected chi connectivity index (χ1v) is 5.15. The molecule has 0 spiro atoms. The number of methoxy groups -OCH3 is 1. The maximum absolute atomic E-state index is 5.27. The van der Waals surface area contributed by atoms with Gasteiger partial charge in [0.1, 0.15) is 5.75 Å². The summed E-state index contributed by atoms with van der Waals surface area (Å²) in [5.74, 6) is 6.79. The maximum Gasteiger partial charge on any atom is 0.118 e. The van der Waals surface area contributed by atoms with Crippen LogP contribution in [0.5, 0.6) is 5.75 Å². The van der Waals surface area contributed by atoms with Crippen LogP contribution >= 0.6 is 12.4 Å². The second-order valence-corrected chi connectivity index (χ2v) is 3.26. The normalized spacial score (nSPS) is 8.62. The summed E-state index contributed by atoms with van der Waals surface area (Å²) in [5, 5.41) is 0. The lowest BCUT2D eigenvalue weighted by molar-refractivity contribution is 0.414. The van der Waals surface area contributed by atoms with Gasteiger partial charge in [-0.3, -0.25) is 0 Å². The molecule has 0 aliphatic heterocycles. The van der Waals surface area contributed by atoms with E-state index in [1.807, 2.05) is 12.1 Å². The third-order valence-corrected chi connectivity index (χ3v) is 2.15. The first kappa shape index (κ1) is 14.8. The molecule has 0 fully saturated rings. The molecular weight excluding hydrogens is 222 g/mol. The van der Waals surface area contributed by atoms with E-state index in [-0.39, 0.29) is 12.4 Å². The number of nitrogens with two attached hydrogens (primary N) is 1. The van der Waals surface area contributed by atoms with Gasteiger partial charge in [-0.15, -0.1) is 18.3 Å². The van der Waals surface area contributed by atoms with Crippen molar-refractivity contribution in [3.8, 4) is 17.6 Å². The minimum Gasteiger partial charge on any atom is -0.497 e. The van der Waals surface area contributed by atoms with Crippen LogP contribution in [0.3, 0.4) is 0 Å². The Kier molecular flexibility index (Phi) is 8.42. The van der Waals surface area contributed by atoms with Gasteiger partial charge in [-0.1, -0.05) is 18.1 Å². The number of rotatable bonds is 4. The number of ether oxygens (including phenoxy) is 1. The van der Waals surface area contributed by atoms with Gasteiger partial charge >= 0.3 is 0 Å². The van der Waals surface area contributed by atoms with Gasteiger partial charge in [0.2, 0.25) is 0 Å². The predicted molar refractivity (Wildman–Crippen MR) is 70.0 cm³/mol. The van der Waals surface area contributed by atoms with Crippen LogP contribution in [-0.4, -0.2) is 13.7 Å². The fourth-order valence-electron chi connectivity index (χ4n) is 1.33. The Bertz CT molecular complexity index is 337. The lowest BCUT2D eigenvalue weighted by Gasteiger charge is -2.01. The predicted octanol–water partition coefficient (Wildman–Crippen LogP) is 2.40. The van der Waals surface area contributed by atoms with Crippen LogP contribution in [0.25, 0.3) is 0 Å². The average Bonchev–Trinajstić information content (AvgIpc) is 2.30. The number of unbranched alkanes of at least 4 members (excludes halogenated alkanes) is 1. The topological polar surface area (TPSA) is 35.2 Å². The molecule has 16 heavy (non-hydrogen) atoms. The van der Waals surface area contributed by atoms with E-state index in [1.165, 1.54) is 5.56 Å². The molecule has 0 radical (unpaired) electrons. The quantitative estimate of drug-likeness (QED) is 0.647. The Morgan fingerprint density at radius 3 is 2.44 bits per heavy atom. The van der Waals surface area contributed by atoms with Crippen LogP contribution in [0.15, 0.2) is 24.3 Å². The van der Waals surface area contributed by atoms with Crippen molar-refractivity contribution < 1.29 is 4.74 Å². The molecule has 0 saturated heterocycles. The lowest BCUT2D eigenvalue weighted by Crippen LogP contribution is -1.93. The van der Waals surface area contributed by atoms with E-state index in [2.05, 4.69) is 24.0 Å². The highest BCUT2D eigenvalue weighted by molar-refractivity contribution is 5.85. The van der Waals surface area contributed by atoms with Crippen LogP contribution in [-0.2, 0) is 6.42 Å². The molecule has 88 valence electrons. The summed E-state index contributed by atoms with van der Waals surface area (Å²) >= 11 is 0. The summed E-state index contributed by atoms with van der Waals surface area (Å²) in [6, 6.07) is 8.16. The molecule has 0 amide bonds. The molecule has 0 atom stereocenters. The van der Waals surface area contributed by atoms with Gasteiger partial charge in [0.25, 0.3) is 0 Å². The van der Waals surface area contributed by atoms with E-state index in [1.54, 1.807) is 7.11 Å².